The molecule has 0 saturated carbocycles. The lowest BCUT2D eigenvalue weighted by Crippen LogP contribution is -2.54. The number of aromatic hydroxyl groups is 1. The van der Waals surface area contributed by atoms with E-state index in [9.17, 15) is 19.1 Å². The van der Waals surface area contributed by atoms with E-state index >= 15 is 0 Å². The van der Waals surface area contributed by atoms with Crippen LogP contribution in [0.2, 0.25) is 0 Å². The smallest absolute Gasteiger partial charge is 0.270 e. The number of methoxy groups -OCH3 is 1. The third-order valence-corrected chi connectivity index (χ3v) is 3.99. The van der Waals surface area contributed by atoms with E-state index in [0.29, 0.717) is 11.3 Å². The number of thiocarbonyl (C=S) groups is 1. The number of carbonyl (C=O) groups is 2. The monoisotopic (exact) mass is 372 g/mol. The van der Waals surface area contributed by atoms with Crippen LogP contribution < -0.4 is 15.0 Å². The van der Waals surface area contributed by atoms with E-state index in [1.54, 1.807) is 6.07 Å². The van der Waals surface area contributed by atoms with E-state index in [0.717, 1.165) is 4.90 Å². The second-order valence-corrected chi connectivity index (χ2v) is 5.75. The number of ether oxygens (including phenoxy) is 1. The Kier molecular flexibility index (Phi) is 4.68. The molecule has 0 unspecified atom stereocenters. The van der Waals surface area contributed by atoms with Crippen LogP contribution in [0.4, 0.5) is 10.1 Å². The number of hydrogen-bond donors (Lipinski definition) is 2. The van der Waals surface area contributed by atoms with Crippen molar-refractivity contribution in [2.24, 2.45) is 0 Å². The summed E-state index contributed by atoms with van der Waals surface area (Å²) in [5.74, 6) is -1.64. The highest BCUT2D eigenvalue weighted by Crippen LogP contribution is 2.28. The van der Waals surface area contributed by atoms with Crippen molar-refractivity contribution in [3.63, 3.8) is 0 Å². The Morgan fingerprint density at radius 2 is 1.88 bits per heavy atom. The van der Waals surface area contributed by atoms with Crippen LogP contribution >= 0.6 is 12.2 Å². The Morgan fingerprint density at radius 3 is 2.50 bits per heavy atom. The Balaban J connectivity index is 1.99. The number of anilines is 1. The lowest BCUT2D eigenvalue weighted by Gasteiger charge is -2.28. The van der Waals surface area contributed by atoms with Crippen LogP contribution in [-0.4, -0.2) is 29.1 Å². The first kappa shape index (κ1) is 17.6. The zero-order valence-electron chi connectivity index (χ0n) is 13.5. The number of amides is 2. The Morgan fingerprint density at radius 1 is 1.19 bits per heavy atom. The summed E-state index contributed by atoms with van der Waals surface area (Å²) in [6.45, 7) is 0. The van der Waals surface area contributed by atoms with Crippen LogP contribution in [0.3, 0.4) is 0 Å². The molecular weight excluding hydrogens is 359 g/mol. The summed E-state index contributed by atoms with van der Waals surface area (Å²) < 4.78 is 18.1. The molecule has 0 aromatic heterocycles. The van der Waals surface area contributed by atoms with E-state index in [2.05, 4.69) is 5.32 Å². The molecule has 0 radical (unpaired) electrons. The molecule has 1 fully saturated rings. The third-order valence-electron chi connectivity index (χ3n) is 3.70. The summed E-state index contributed by atoms with van der Waals surface area (Å²) in [7, 11) is 1.41. The molecule has 3 rings (SSSR count). The molecule has 8 heteroatoms. The predicted molar refractivity (Wildman–Crippen MR) is 97.3 cm³/mol. The molecule has 2 aromatic carbocycles. The van der Waals surface area contributed by atoms with E-state index in [1.165, 1.54) is 49.6 Å². The summed E-state index contributed by atoms with van der Waals surface area (Å²) in [5.41, 5.74) is 0.575. The van der Waals surface area contributed by atoms with Crippen LogP contribution in [0.5, 0.6) is 11.5 Å². The van der Waals surface area contributed by atoms with Crippen molar-refractivity contribution < 1.29 is 23.8 Å². The molecule has 2 amide bonds. The van der Waals surface area contributed by atoms with Gasteiger partial charge in [-0.05, 0) is 60.3 Å². The van der Waals surface area contributed by atoms with Crippen molar-refractivity contribution in [3.05, 3.63) is 59.4 Å². The largest absolute Gasteiger partial charge is 0.504 e. The number of rotatable bonds is 3. The van der Waals surface area contributed by atoms with Gasteiger partial charge in [-0.2, -0.15) is 0 Å². The van der Waals surface area contributed by atoms with Crippen molar-refractivity contribution in [2.75, 3.05) is 12.0 Å². The minimum Gasteiger partial charge on any atom is -0.504 e. The van der Waals surface area contributed by atoms with Crippen LogP contribution in [-0.2, 0) is 9.59 Å². The number of phenolic OH excluding ortho intramolecular Hbond substituents is 1. The van der Waals surface area contributed by atoms with Gasteiger partial charge in [0.2, 0.25) is 0 Å². The standard InChI is InChI=1S/C18H13FN2O4S/c1-25-15-7-2-10(9-14(15)22)8-13-16(23)20-18(26)21(17(13)24)12-5-3-11(19)4-6-12/h2-9,22H,1H3,(H,20,23,26)/b13-8-. The molecule has 0 bridgehead atoms. The summed E-state index contributed by atoms with van der Waals surface area (Å²) in [6, 6.07) is 9.60. The van der Waals surface area contributed by atoms with Gasteiger partial charge >= 0.3 is 0 Å². The van der Waals surface area contributed by atoms with Crippen molar-refractivity contribution in [1.82, 2.24) is 5.32 Å². The average molecular weight is 372 g/mol. The van der Waals surface area contributed by atoms with E-state index < -0.39 is 17.6 Å². The van der Waals surface area contributed by atoms with E-state index in [-0.39, 0.29) is 22.2 Å². The molecule has 26 heavy (non-hydrogen) atoms. The fraction of sp³-hybridized carbons (Fsp3) is 0.0556. The lowest BCUT2D eigenvalue weighted by atomic mass is 10.1. The first-order valence-electron chi connectivity index (χ1n) is 7.44. The molecule has 1 aliphatic rings. The van der Waals surface area contributed by atoms with Crippen LogP contribution in [0.25, 0.3) is 6.08 Å². The maximum Gasteiger partial charge on any atom is 0.270 e. The van der Waals surface area contributed by atoms with Gasteiger partial charge in [-0.15, -0.1) is 0 Å². The number of benzene rings is 2. The molecule has 0 atom stereocenters. The number of halogens is 1. The SMILES string of the molecule is COc1ccc(/C=C2/C(=O)NC(=S)N(c3ccc(F)cc3)C2=O)cc1O. The lowest BCUT2D eigenvalue weighted by molar-refractivity contribution is -0.122. The number of phenols is 1. The second-order valence-electron chi connectivity index (χ2n) is 5.37. The first-order chi connectivity index (χ1) is 12.4. The zero-order valence-corrected chi connectivity index (χ0v) is 14.3. The molecule has 1 aliphatic heterocycles. The summed E-state index contributed by atoms with van der Waals surface area (Å²) in [6.07, 6.45) is 1.33. The van der Waals surface area contributed by atoms with Crippen molar-refractivity contribution in [2.45, 2.75) is 0 Å². The van der Waals surface area contributed by atoms with Gasteiger partial charge in [0.1, 0.15) is 11.4 Å². The topological polar surface area (TPSA) is 78.9 Å². The normalized spacial score (nSPS) is 16.0. The van der Waals surface area contributed by atoms with Gasteiger partial charge in [-0.25, -0.2) is 4.39 Å². The minimum absolute atomic E-state index is 0.0960. The molecule has 0 aliphatic carbocycles. The third kappa shape index (κ3) is 3.27. The van der Waals surface area contributed by atoms with Gasteiger partial charge < -0.3 is 9.84 Å². The highest BCUT2D eigenvalue weighted by molar-refractivity contribution is 7.80. The average Bonchev–Trinajstić information content (AvgIpc) is 2.60. The molecule has 132 valence electrons. The van der Waals surface area contributed by atoms with Gasteiger partial charge in [0.25, 0.3) is 11.8 Å². The summed E-state index contributed by atoms with van der Waals surface area (Å²) in [4.78, 5) is 26.1. The Labute approximate surface area is 153 Å². The van der Waals surface area contributed by atoms with Crippen molar-refractivity contribution >= 4 is 40.9 Å². The number of carbonyl (C=O) groups excluding carboxylic acids is 2. The first-order valence-corrected chi connectivity index (χ1v) is 7.85. The fourth-order valence-corrected chi connectivity index (χ4v) is 2.73. The summed E-state index contributed by atoms with van der Waals surface area (Å²) in [5, 5.41) is 12.2. The predicted octanol–water partition coefficient (Wildman–Crippen LogP) is 2.37. The summed E-state index contributed by atoms with van der Waals surface area (Å²) >= 11 is 5.06. The highest BCUT2D eigenvalue weighted by atomic mass is 32.1. The second kappa shape index (κ2) is 6.93. The van der Waals surface area contributed by atoms with Crippen molar-refractivity contribution in [3.8, 4) is 11.5 Å². The Hall–Kier alpha value is -3.26. The van der Waals surface area contributed by atoms with E-state index in [1.807, 2.05) is 0 Å². The number of nitrogens with one attached hydrogen (secondary N) is 1. The van der Waals surface area contributed by atoms with Crippen LogP contribution in [0.1, 0.15) is 5.56 Å². The molecule has 1 heterocycles. The van der Waals surface area contributed by atoms with Gasteiger partial charge in [0, 0.05) is 0 Å². The van der Waals surface area contributed by atoms with Gasteiger partial charge in [0.05, 0.1) is 12.8 Å². The quantitative estimate of drug-likeness (QED) is 0.491. The Bertz CT molecular complexity index is 941. The molecule has 0 spiro atoms. The maximum atomic E-state index is 13.1. The van der Waals surface area contributed by atoms with Crippen LogP contribution in [0, 0.1) is 5.82 Å². The number of hydrogen-bond acceptors (Lipinski definition) is 5. The zero-order chi connectivity index (χ0) is 18.8. The van der Waals surface area contributed by atoms with E-state index in [4.69, 9.17) is 17.0 Å². The minimum atomic E-state index is -0.659. The molecule has 6 nitrogen and oxygen atoms in total. The fourth-order valence-electron chi connectivity index (χ4n) is 2.45. The molecule has 1 saturated heterocycles. The number of nitrogens with zero attached hydrogens (tertiary/aromatic N) is 1. The van der Waals surface area contributed by atoms with Gasteiger partial charge in [-0.3, -0.25) is 19.8 Å². The maximum absolute atomic E-state index is 13.1. The van der Waals surface area contributed by atoms with Crippen molar-refractivity contribution in [1.29, 1.82) is 0 Å². The molecule has 2 aromatic rings. The highest BCUT2D eigenvalue weighted by Gasteiger charge is 2.34. The van der Waals surface area contributed by atoms with Crippen LogP contribution in [0.15, 0.2) is 48.0 Å². The van der Waals surface area contributed by atoms with Gasteiger partial charge in [-0.1, -0.05) is 6.07 Å². The molecular formula is C18H13FN2O4S. The molecule has 2 N–H and O–H groups in total. The van der Waals surface area contributed by atoms with Gasteiger partial charge in [0.15, 0.2) is 16.6 Å².